The fourth-order valence-electron chi connectivity index (χ4n) is 4.40. The number of benzene rings is 3. The van der Waals surface area contributed by atoms with E-state index in [-0.39, 0.29) is 23.0 Å². The SMILES string of the molecule is CC[C@@H](C(=O)NC(C)(C)C)N(Cc1ccc(OC)cc1)C(=O)CN(c1cccc(Cl)c1C)S(=O)(=O)c1ccccc1. The summed E-state index contributed by atoms with van der Waals surface area (Å²) < 4.78 is 34.3. The van der Waals surface area contributed by atoms with Crippen LogP contribution in [0, 0.1) is 6.92 Å². The van der Waals surface area contributed by atoms with Gasteiger partial charge >= 0.3 is 0 Å². The average Bonchev–Trinajstić information content (AvgIpc) is 2.93. The summed E-state index contributed by atoms with van der Waals surface area (Å²) in [5.74, 6) is -0.199. The minimum absolute atomic E-state index is 0.0337. The number of sulfonamides is 1. The zero-order valence-electron chi connectivity index (χ0n) is 24.3. The number of hydrogen-bond donors (Lipinski definition) is 1. The maximum atomic E-state index is 14.2. The van der Waals surface area contributed by atoms with Gasteiger partial charge in [0.1, 0.15) is 18.3 Å². The van der Waals surface area contributed by atoms with Gasteiger partial charge in [-0.05, 0) is 81.6 Å². The fourth-order valence-corrected chi connectivity index (χ4v) is 6.06. The Morgan fingerprint density at radius 1 is 0.976 bits per heavy atom. The second-order valence-electron chi connectivity index (χ2n) is 10.7. The second kappa shape index (κ2) is 13.4. The van der Waals surface area contributed by atoms with Gasteiger partial charge in [0.05, 0.1) is 17.7 Å². The number of hydrogen-bond acceptors (Lipinski definition) is 5. The molecule has 0 fully saturated rings. The van der Waals surface area contributed by atoms with E-state index in [2.05, 4.69) is 5.32 Å². The van der Waals surface area contributed by atoms with E-state index >= 15 is 0 Å². The lowest BCUT2D eigenvalue weighted by Gasteiger charge is -2.35. The zero-order valence-corrected chi connectivity index (χ0v) is 25.9. The Morgan fingerprint density at radius 3 is 2.17 bits per heavy atom. The molecule has 0 heterocycles. The molecule has 0 aliphatic heterocycles. The van der Waals surface area contributed by atoms with E-state index < -0.39 is 34.1 Å². The Bertz CT molecular complexity index is 1460. The number of ether oxygens (including phenoxy) is 1. The van der Waals surface area contributed by atoms with E-state index in [1.54, 1.807) is 62.6 Å². The lowest BCUT2D eigenvalue weighted by atomic mass is 10.1. The van der Waals surface area contributed by atoms with Gasteiger partial charge in [0.15, 0.2) is 0 Å². The maximum absolute atomic E-state index is 14.2. The number of nitrogens with one attached hydrogen (secondary N) is 1. The first kappa shape index (κ1) is 32.0. The van der Waals surface area contributed by atoms with Crippen molar-refractivity contribution in [1.29, 1.82) is 0 Å². The van der Waals surface area contributed by atoms with Gasteiger partial charge < -0.3 is 15.0 Å². The summed E-state index contributed by atoms with van der Waals surface area (Å²) in [6.07, 6.45) is 0.325. The van der Waals surface area contributed by atoms with Crippen molar-refractivity contribution in [3.63, 3.8) is 0 Å². The van der Waals surface area contributed by atoms with Crippen LogP contribution in [0.3, 0.4) is 0 Å². The highest BCUT2D eigenvalue weighted by Crippen LogP contribution is 2.31. The number of halogens is 1. The summed E-state index contributed by atoms with van der Waals surface area (Å²) in [6, 6.07) is 19.2. The third-order valence-electron chi connectivity index (χ3n) is 6.51. The Balaban J connectivity index is 2.10. The molecule has 3 aromatic rings. The number of rotatable bonds is 11. The largest absolute Gasteiger partial charge is 0.497 e. The van der Waals surface area contributed by atoms with Gasteiger partial charge in [0.25, 0.3) is 10.0 Å². The Kier molecular flexibility index (Phi) is 10.4. The molecule has 1 atom stereocenters. The van der Waals surface area contributed by atoms with Crippen LogP contribution in [-0.4, -0.2) is 50.4 Å². The van der Waals surface area contributed by atoms with Crippen molar-refractivity contribution < 1.29 is 22.7 Å². The molecule has 0 saturated heterocycles. The van der Waals surface area contributed by atoms with E-state index in [0.717, 1.165) is 9.87 Å². The van der Waals surface area contributed by atoms with E-state index in [9.17, 15) is 18.0 Å². The van der Waals surface area contributed by atoms with Gasteiger partial charge in [0.2, 0.25) is 11.8 Å². The highest BCUT2D eigenvalue weighted by Gasteiger charge is 2.35. The van der Waals surface area contributed by atoms with Crippen molar-refractivity contribution in [2.45, 2.75) is 64.1 Å². The minimum Gasteiger partial charge on any atom is -0.497 e. The molecule has 3 aromatic carbocycles. The van der Waals surface area contributed by atoms with Gasteiger partial charge in [-0.15, -0.1) is 0 Å². The number of carbonyl (C=O) groups is 2. The maximum Gasteiger partial charge on any atom is 0.264 e. The van der Waals surface area contributed by atoms with Crippen LogP contribution >= 0.6 is 11.6 Å². The quantitative estimate of drug-likeness (QED) is 0.311. The monoisotopic (exact) mass is 599 g/mol. The molecule has 2 amide bonds. The van der Waals surface area contributed by atoms with Crippen LogP contribution in [0.4, 0.5) is 5.69 Å². The summed E-state index contributed by atoms with van der Waals surface area (Å²) in [5.41, 5.74) is 1.03. The summed E-state index contributed by atoms with van der Waals surface area (Å²) in [7, 11) is -2.61. The van der Waals surface area contributed by atoms with Crippen LogP contribution in [0.5, 0.6) is 5.75 Å². The van der Waals surface area contributed by atoms with Crippen LogP contribution < -0.4 is 14.4 Å². The standard InChI is InChI=1S/C31H38ClN3O5S/c1-7-27(30(37)33-31(3,4)5)34(20-23-16-18-24(40-6)19-17-23)29(36)21-35(28-15-11-14-26(32)22(28)2)41(38,39)25-12-9-8-10-13-25/h8-19,27H,7,20-21H2,1-6H3,(H,33,37)/t27-/m0/s1. The third kappa shape index (κ3) is 8.01. The van der Waals surface area contributed by atoms with Crippen molar-refractivity contribution in [3.8, 4) is 5.75 Å². The predicted octanol–water partition coefficient (Wildman–Crippen LogP) is 5.57. The highest BCUT2D eigenvalue weighted by molar-refractivity contribution is 7.92. The minimum atomic E-state index is -4.18. The van der Waals surface area contributed by atoms with E-state index in [1.807, 2.05) is 39.8 Å². The third-order valence-corrected chi connectivity index (χ3v) is 8.70. The molecule has 41 heavy (non-hydrogen) atoms. The first-order valence-electron chi connectivity index (χ1n) is 13.4. The summed E-state index contributed by atoms with van der Waals surface area (Å²) >= 11 is 6.38. The van der Waals surface area contributed by atoms with Crippen LogP contribution in [0.1, 0.15) is 45.2 Å². The first-order chi connectivity index (χ1) is 19.3. The first-order valence-corrected chi connectivity index (χ1v) is 15.2. The molecule has 220 valence electrons. The number of amides is 2. The number of carbonyl (C=O) groups excluding carboxylic acids is 2. The van der Waals surface area contributed by atoms with Crippen molar-refractivity contribution in [2.75, 3.05) is 18.0 Å². The summed E-state index contributed by atoms with van der Waals surface area (Å²) in [6.45, 7) is 8.67. The van der Waals surface area contributed by atoms with Gasteiger partial charge in [-0.3, -0.25) is 13.9 Å². The molecule has 0 saturated carbocycles. The van der Waals surface area contributed by atoms with E-state index in [0.29, 0.717) is 22.8 Å². The Morgan fingerprint density at radius 2 is 1.61 bits per heavy atom. The molecular formula is C31H38ClN3O5S. The average molecular weight is 600 g/mol. The fraction of sp³-hybridized carbons (Fsp3) is 0.355. The van der Waals surface area contributed by atoms with Crippen LogP contribution in [-0.2, 0) is 26.2 Å². The molecule has 0 unspecified atom stereocenters. The molecule has 0 spiro atoms. The molecule has 3 rings (SSSR count). The van der Waals surface area contributed by atoms with Crippen molar-refractivity contribution >= 4 is 39.1 Å². The highest BCUT2D eigenvalue weighted by atomic mass is 35.5. The zero-order chi connectivity index (χ0) is 30.4. The van der Waals surface area contributed by atoms with E-state index in [1.165, 1.54) is 17.0 Å². The Hall–Kier alpha value is -3.56. The molecule has 8 nitrogen and oxygen atoms in total. The molecule has 0 radical (unpaired) electrons. The molecule has 0 aliphatic carbocycles. The lowest BCUT2D eigenvalue weighted by Crippen LogP contribution is -2.55. The molecule has 0 aromatic heterocycles. The van der Waals surface area contributed by atoms with Gasteiger partial charge in [-0.2, -0.15) is 0 Å². The predicted molar refractivity (Wildman–Crippen MR) is 163 cm³/mol. The van der Waals surface area contributed by atoms with Crippen LogP contribution in [0.15, 0.2) is 77.7 Å². The van der Waals surface area contributed by atoms with Crippen LogP contribution in [0.25, 0.3) is 0 Å². The van der Waals surface area contributed by atoms with Crippen molar-refractivity contribution in [1.82, 2.24) is 10.2 Å². The molecule has 0 bridgehead atoms. The molecular weight excluding hydrogens is 562 g/mol. The van der Waals surface area contributed by atoms with Gasteiger partial charge in [-0.1, -0.05) is 54.9 Å². The normalized spacial score (nSPS) is 12.4. The second-order valence-corrected chi connectivity index (χ2v) is 13.0. The van der Waals surface area contributed by atoms with Crippen molar-refractivity contribution in [3.05, 3.63) is 88.9 Å². The molecule has 0 aliphatic rings. The van der Waals surface area contributed by atoms with Crippen molar-refractivity contribution in [2.24, 2.45) is 0 Å². The van der Waals surface area contributed by atoms with Crippen LogP contribution in [0.2, 0.25) is 5.02 Å². The molecule has 1 N–H and O–H groups in total. The van der Waals surface area contributed by atoms with Gasteiger partial charge in [-0.25, -0.2) is 8.42 Å². The lowest BCUT2D eigenvalue weighted by molar-refractivity contribution is -0.141. The van der Waals surface area contributed by atoms with E-state index in [4.69, 9.17) is 16.3 Å². The number of methoxy groups -OCH3 is 1. The smallest absolute Gasteiger partial charge is 0.264 e. The van der Waals surface area contributed by atoms with Gasteiger partial charge in [0, 0.05) is 17.1 Å². The summed E-state index contributed by atoms with van der Waals surface area (Å²) in [4.78, 5) is 29.1. The number of nitrogens with zero attached hydrogens (tertiary/aromatic N) is 2. The Labute approximate surface area is 248 Å². The topological polar surface area (TPSA) is 96.0 Å². The molecule has 10 heteroatoms. The number of anilines is 1. The summed E-state index contributed by atoms with van der Waals surface area (Å²) in [5, 5.41) is 3.33.